The summed E-state index contributed by atoms with van der Waals surface area (Å²) in [6.45, 7) is 0.405. The number of fused-ring (bicyclic) bond motifs is 2. The molecule has 136 valence electrons. The standard InChI is InChI=1S/C21H19N3O2S/c22-12-21(7-1-2-14-3-5-16(25)11-17(14)21)8-9-23-20(26)15-4-6-18-19(10-15)27-13-24-18/h3-6,10-11,13,25H,1-2,7-9H2,(H,23,26). The van der Waals surface area contributed by atoms with Crippen molar-refractivity contribution in [1.29, 1.82) is 5.26 Å². The van der Waals surface area contributed by atoms with E-state index >= 15 is 0 Å². The van der Waals surface area contributed by atoms with Crippen LogP contribution in [0.2, 0.25) is 0 Å². The summed E-state index contributed by atoms with van der Waals surface area (Å²) in [5.41, 5.74) is 4.59. The van der Waals surface area contributed by atoms with Crippen LogP contribution in [-0.4, -0.2) is 22.5 Å². The lowest BCUT2D eigenvalue weighted by molar-refractivity contribution is 0.0951. The smallest absolute Gasteiger partial charge is 0.251 e. The minimum absolute atomic E-state index is 0.148. The molecule has 0 spiro atoms. The quantitative estimate of drug-likeness (QED) is 0.721. The van der Waals surface area contributed by atoms with Crippen LogP contribution in [0.25, 0.3) is 10.2 Å². The van der Waals surface area contributed by atoms with Gasteiger partial charge in [-0.2, -0.15) is 5.26 Å². The van der Waals surface area contributed by atoms with Gasteiger partial charge < -0.3 is 10.4 Å². The number of thiazole rings is 1. The Morgan fingerprint density at radius 1 is 1.33 bits per heavy atom. The highest BCUT2D eigenvalue weighted by Crippen LogP contribution is 2.40. The Morgan fingerprint density at radius 3 is 3.07 bits per heavy atom. The van der Waals surface area contributed by atoms with E-state index in [0.29, 0.717) is 18.5 Å². The Kier molecular flexibility index (Phi) is 4.54. The van der Waals surface area contributed by atoms with Crippen LogP contribution in [0.15, 0.2) is 41.9 Å². The number of carbonyl (C=O) groups is 1. The number of rotatable bonds is 4. The first-order valence-corrected chi connectivity index (χ1v) is 9.84. The van der Waals surface area contributed by atoms with E-state index in [-0.39, 0.29) is 11.7 Å². The Morgan fingerprint density at radius 2 is 2.22 bits per heavy atom. The van der Waals surface area contributed by atoms with Crippen LogP contribution < -0.4 is 5.32 Å². The number of carbonyl (C=O) groups excluding carboxylic acids is 1. The number of nitrogens with one attached hydrogen (secondary N) is 1. The maximum absolute atomic E-state index is 12.5. The van der Waals surface area contributed by atoms with Crippen molar-refractivity contribution in [1.82, 2.24) is 10.3 Å². The molecule has 1 unspecified atom stereocenters. The maximum Gasteiger partial charge on any atom is 0.251 e. The molecule has 4 rings (SSSR count). The van der Waals surface area contributed by atoms with E-state index < -0.39 is 5.41 Å². The van der Waals surface area contributed by atoms with E-state index in [1.807, 2.05) is 18.2 Å². The zero-order valence-electron chi connectivity index (χ0n) is 14.7. The van der Waals surface area contributed by atoms with E-state index in [1.165, 1.54) is 11.3 Å². The van der Waals surface area contributed by atoms with E-state index in [1.54, 1.807) is 23.7 Å². The molecule has 0 radical (unpaired) electrons. The summed E-state index contributed by atoms with van der Waals surface area (Å²) < 4.78 is 0.979. The molecule has 1 aliphatic rings. The number of benzene rings is 2. The van der Waals surface area contributed by atoms with Crippen LogP contribution in [0.5, 0.6) is 5.75 Å². The molecule has 0 aliphatic heterocycles. The number of phenols is 1. The summed E-state index contributed by atoms with van der Waals surface area (Å²) in [7, 11) is 0. The van der Waals surface area contributed by atoms with Gasteiger partial charge in [-0.15, -0.1) is 11.3 Å². The molecule has 1 heterocycles. The Bertz CT molecular complexity index is 1050. The fourth-order valence-corrected chi connectivity index (χ4v) is 4.58. The third-order valence-corrected chi connectivity index (χ3v) is 6.10. The number of nitriles is 1. The molecule has 1 atom stereocenters. The molecule has 0 fully saturated rings. The highest BCUT2D eigenvalue weighted by molar-refractivity contribution is 7.16. The molecular weight excluding hydrogens is 358 g/mol. The second kappa shape index (κ2) is 7.01. The molecule has 1 aliphatic carbocycles. The lowest BCUT2D eigenvalue weighted by Crippen LogP contribution is -2.35. The van der Waals surface area contributed by atoms with Gasteiger partial charge >= 0.3 is 0 Å². The highest BCUT2D eigenvalue weighted by Gasteiger charge is 2.36. The zero-order valence-corrected chi connectivity index (χ0v) is 15.6. The largest absolute Gasteiger partial charge is 0.508 e. The molecule has 0 bridgehead atoms. The number of hydrogen-bond acceptors (Lipinski definition) is 5. The molecule has 5 nitrogen and oxygen atoms in total. The van der Waals surface area contributed by atoms with Crippen LogP contribution in [-0.2, 0) is 11.8 Å². The summed E-state index contributed by atoms with van der Waals surface area (Å²) in [5.74, 6) is 0.0301. The molecule has 0 saturated carbocycles. The van der Waals surface area contributed by atoms with Crippen LogP contribution in [0.4, 0.5) is 0 Å². The van der Waals surface area contributed by atoms with Gasteiger partial charge in [0.25, 0.3) is 5.91 Å². The van der Waals surface area contributed by atoms with Crippen LogP contribution in [0.1, 0.15) is 40.7 Å². The molecule has 3 aromatic rings. The van der Waals surface area contributed by atoms with E-state index in [2.05, 4.69) is 16.4 Å². The van der Waals surface area contributed by atoms with E-state index in [4.69, 9.17) is 0 Å². The maximum atomic E-state index is 12.5. The predicted molar refractivity (Wildman–Crippen MR) is 105 cm³/mol. The number of hydrogen-bond donors (Lipinski definition) is 2. The van der Waals surface area contributed by atoms with Crippen molar-refractivity contribution >= 4 is 27.5 Å². The Balaban J connectivity index is 1.48. The van der Waals surface area contributed by atoms with Crippen molar-refractivity contribution in [3.63, 3.8) is 0 Å². The first kappa shape index (κ1) is 17.5. The van der Waals surface area contributed by atoms with Crippen molar-refractivity contribution in [2.24, 2.45) is 0 Å². The first-order chi connectivity index (χ1) is 13.1. The van der Waals surface area contributed by atoms with Gasteiger partial charge in [-0.05, 0) is 67.1 Å². The third kappa shape index (κ3) is 3.26. The SMILES string of the molecule is N#CC1(CCNC(=O)c2ccc3ncsc3c2)CCCc2ccc(O)cc21. The van der Waals surface area contributed by atoms with Gasteiger partial charge in [-0.1, -0.05) is 6.07 Å². The van der Waals surface area contributed by atoms with Crippen LogP contribution in [0.3, 0.4) is 0 Å². The third-order valence-electron chi connectivity index (χ3n) is 5.30. The number of nitrogens with zero attached hydrogens (tertiary/aromatic N) is 2. The lowest BCUT2D eigenvalue weighted by atomic mass is 9.69. The van der Waals surface area contributed by atoms with Gasteiger partial charge in [-0.25, -0.2) is 4.98 Å². The van der Waals surface area contributed by atoms with Gasteiger partial charge in [0.15, 0.2) is 0 Å². The normalized spacial score (nSPS) is 18.6. The van der Waals surface area contributed by atoms with Gasteiger partial charge in [0, 0.05) is 12.1 Å². The minimum Gasteiger partial charge on any atom is -0.508 e. The fourth-order valence-electron chi connectivity index (χ4n) is 3.86. The second-order valence-corrected chi connectivity index (χ2v) is 7.82. The minimum atomic E-state index is -0.665. The average molecular weight is 377 g/mol. The molecular formula is C21H19N3O2S. The molecule has 6 heteroatoms. The molecule has 1 aromatic heterocycles. The van der Waals surface area contributed by atoms with Gasteiger partial charge in [-0.3, -0.25) is 4.79 Å². The van der Waals surface area contributed by atoms with Crippen molar-refractivity contribution in [2.75, 3.05) is 6.54 Å². The van der Waals surface area contributed by atoms with Crippen LogP contribution >= 0.6 is 11.3 Å². The Hall–Kier alpha value is -2.91. The van der Waals surface area contributed by atoms with Crippen molar-refractivity contribution in [3.05, 3.63) is 58.6 Å². The number of aromatic nitrogens is 1. The number of aromatic hydroxyl groups is 1. The summed E-state index contributed by atoms with van der Waals surface area (Å²) in [6, 6.07) is 13.2. The summed E-state index contributed by atoms with van der Waals surface area (Å²) in [6.07, 6.45) is 3.11. The first-order valence-electron chi connectivity index (χ1n) is 8.96. The monoisotopic (exact) mass is 377 g/mol. The van der Waals surface area contributed by atoms with E-state index in [0.717, 1.165) is 40.6 Å². The van der Waals surface area contributed by atoms with Gasteiger partial charge in [0.05, 0.1) is 27.2 Å². The predicted octanol–water partition coefficient (Wildman–Crippen LogP) is 3.92. The van der Waals surface area contributed by atoms with Gasteiger partial charge in [0.2, 0.25) is 0 Å². The number of aryl methyl sites for hydroxylation is 1. The molecule has 1 amide bonds. The lowest BCUT2D eigenvalue weighted by Gasteiger charge is -2.33. The number of phenolic OH excluding ortho intramolecular Hbond substituents is 1. The Labute approximate surface area is 161 Å². The molecule has 2 N–H and O–H groups in total. The van der Waals surface area contributed by atoms with Crippen molar-refractivity contribution in [3.8, 4) is 11.8 Å². The number of amides is 1. The van der Waals surface area contributed by atoms with Crippen molar-refractivity contribution in [2.45, 2.75) is 31.1 Å². The highest BCUT2D eigenvalue weighted by atomic mass is 32.1. The van der Waals surface area contributed by atoms with Gasteiger partial charge in [0.1, 0.15) is 5.75 Å². The van der Waals surface area contributed by atoms with Crippen molar-refractivity contribution < 1.29 is 9.90 Å². The molecule has 0 saturated heterocycles. The topological polar surface area (TPSA) is 86.0 Å². The average Bonchev–Trinajstić information content (AvgIpc) is 3.16. The molecule has 27 heavy (non-hydrogen) atoms. The summed E-state index contributed by atoms with van der Waals surface area (Å²) >= 11 is 1.50. The summed E-state index contributed by atoms with van der Waals surface area (Å²) in [5, 5.41) is 22.7. The molecule has 2 aromatic carbocycles. The van der Waals surface area contributed by atoms with E-state index in [9.17, 15) is 15.2 Å². The zero-order chi connectivity index (χ0) is 18.9. The summed E-state index contributed by atoms with van der Waals surface area (Å²) in [4.78, 5) is 16.7. The van der Waals surface area contributed by atoms with Crippen LogP contribution in [0, 0.1) is 11.3 Å². The fraction of sp³-hybridized carbons (Fsp3) is 0.286. The second-order valence-electron chi connectivity index (χ2n) is 6.93.